The first-order valence-electron chi connectivity index (χ1n) is 6.48. The van der Waals surface area contributed by atoms with Gasteiger partial charge in [-0.25, -0.2) is 4.39 Å². The predicted molar refractivity (Wildman–Crippen MR) is 82.6 cm³/mol. The second-order valence-corrected chi connectivity index (χ2v) is 6.43. The van der Waals surface area contributed by atoms with Crippen molar-refractivity contribution in [1.82, 2.24) is 0 Å². The molecule has 8 heteroatoms. The molecule has 0 saturated carbocycles. The lowest BCUT2D eigenvalue weighted by molar-refractivity contribution is -0.0535. The molecule has 0 aliphatic rings. The minimum absolute atomic E-state index is 0.405. The van der Waals surface area contributed by atoms with E-state index in [9.17, 15) is 13.8 Å². The number of hydrogen-bond donors (Lipinski definition) is 1. The number of alkyl halides is 1. The van der Waals surface area contributed by atoms with Gasteiger partial charge in [-0.2, -0.15) is 0 Å². The van der Waals surface area contributed by atoms with Crippen LogP contribution in [0.3, 0.4) is 0 Å². The smallest absolute Gasteiger partial charge is 0.344 e. The molecule has 0 bridgehead atoms. The van der Waals surface area contributed by atoms with Gasteiger partial charge in [0, 0.05) is 21.3 Å². The third-order valence-corrected chi connectivity index (χ3v) is 4.48. The van der Waals surface area contributed by atoms with Gasteiger partial charge >= 0.3 is 7.60 Å². The minimum atomic E-state index is -4.10. The summed E-state index contributed by atoms with van der Waals surface area (Å²) in [5, 5.41) is -0.427. The highest BCUT2D eigenvalue weighted by atomic mass is 31.2. The molecule has 120 valence electrons. The second kappa shape index (κ2) is 8.60. The maximum absolute atomic E-state index is 14.6. The highest BCUT2D eigenvalue weighted by Gasteiger charge is 2.31. The third kappa shape index (κ3) is 4.76. The van der Waals surface area contributed by atoms with Crippen molar-refractivity contribution in [2.45, 2.75) is 18.4 Å². The van der Waals surface area contributed by atoms with E-state index in [1.165, 1.54) is 14.2 Å². The van der Waals surface area contributed by atoms with Crippen LogP contribution in [0.2, 0.25) is 0 Å². The van der Waals surface area contributed by atoms with Gasteiger partial charge in [-0.1, -0.05) is 36.4 Å². The van der Waals surface area contributed by atoms with Crippen LogP contribution < -0.4 is 0 Å². The molecule has 1 aromatic carbocycles. The van der Waals surface area contributed by atoms with E-state index in [0.29, 0.717) is 5.56 Å². The van der Waals surface area contributed by atoms with Gasteiger partial charge in [0.25, 0.3) is 0 Å². The molecule has 1 aromatic rings. The van der Waals surface area contributed by atoms with Crippen LogP contribution in [-0.4, -0.2) is 46.3 Å². The third-order valence-electron chi connectivity index (χ3n) is 3.18. The van der Waals surface area contributed by atoms with Crippen molar-refractivity contribution in [2.75, 3.05) is 21.3 Å². The van der Waals surface area contributed by atoms with Crippen molar-refractivity contribution in [3.8, 4) is 0 Å². The summed E-state index contributed by atoms with van der Waals surface area (Å²) in [5.41, 5.74) is 0.405. The van der Waals surface area contributed by atoms with Gasteiger partial charge in [-0.15, -0.1) is 0 Å². The molecule has 0 saturated heterocycles. The predicted octanol–water partition coefficient (Wildman–Crippen LogP) is 2.57. The summed E-state index contributed by atoms with van der Waals surface area (Å²) >= 11 is 0. The fraction of sp³-hybridized carbons (Fsp3) is 0.429. The van der Waals surface area contributed by atoms with Crippen molar-refractivity contribution >= 4 is 15.4 Å². The Kier molecular flexibility index (Phi) is 7.46. The molecule has 0 aliphatic heterocycles. The number of rotatable bonds is 8. The van der Waals surface area contributed by atoms with E-state index in [-0.39, 0.29) is 0 Å². The average Bonchev–Trinajstić information content (AvgIpc) is 2.54. The van der Waals surface area contributed by atoms with E-state index < -0.39 is 31.2 Å². The first-order valence-corrected chi connectivity index (χ1v) is 8.06. The molecule has 22 heavy (non-hydrogen) atoms. The monoisotopic (exact) mass is 328 g/mol. The van der Waals surface area contributed by atoms with Crippen molar-refractivity contribution in [3.05, 3.63) is 47.2 Å². The first-order chi connectivity index (χ1) is 10.4. The van der Waals surface area contributed by atoms with Gasteiger partial charge in [-0.3, -0.25) is 4.57 Å². The fourth-order valence-corrected chi connectivity index (χ4v) is 2.46. The quantitative estimate of drug-likeness (QED) is 0.587. The molecular weight excluding hydrogens is 309 g/mol. The Morgan fingerprint density at radius 3 is 2.32 bits per heavy atom. The van der Waals surface area contributed by atoms with E-state index in [1.54, 1.807) is 30.3 Å². The van der Waals surface area contributed by atoms with Crippen LogP contribution in [-0.2, 0) is 18.6 Å². The first kappa shape index (κ1) is 19.1. The molecule has 1 unspecified atom stereocenters. The average molecular weight is 328 g/mol. The van der Waals surface area contributed by atoms with E-state index in [2.05, 4.69) is 4.52 Å². The van der Waals surface area contributed by atoms with Crippen LogP contribution in [0.4, 0.5) is 4.39 Å². The van der Waals surface area contributed by atoms with E-state index in [1.807, 2.05) is 0 Å². The van der Waals surface area contributed by atoms with Crippen molar-refractivity contribution in [2.24, 2.45) is 0 Å². The number of benzene rings is 1. The fourth-order valence-electron chi connectivity index (χ4n) is 1.91. The lowest BCUT2D eigenvalue weighted by Crippen LogP contribution is -2.33. The van der Waals surface area contributed by atoms with Crippen LogP contribution in [0.15, 0.2) is 41.6 Å². The highest BCUT2D eigenvalue weighted by molar-refractivity contribution is 7.59. The summed E-state index contributed by atoms with van der Waals surface area (Å²) in [6, 6.07) is 8.40. The molecule has 0 fully saturated rings. The molecule has 0 aliphatic carbocycles. The highest BCUT2D eigenvalue weighted by Crippen LogP contribution is 2.48. The minimum Gasteiger partial charge on any atom is -0.375 e. The normalized spacial score (nSPS) is 19.2. The van der Waals surface area contributed by atoms with Crippen LogP contribution in [0.1, 0.15) is 11.7 Å². The van der Waals surface area contributed by atoms with Gasteiger partial charge in [0.2, 0.25) is 0 Å². The van der Waals surface area contributed by atoms with Crippen molar-refractivity contribution < 1.29 is 27.8 Å². The zero-order valence-electron chi connectivity index (χ0n) is 12.7. The van der Waals surface area contributed by atoms with E-state index >= 15 is 0 Å². The zero-order chi connectivity index (χ0) is 16.8. The lowest BCUT2D eigenvalue weighted by Gasteiger charge is -2.26. The van der Waals surface area contributed by atoms with Crippen LogP contribution in [0, 0.1) is 0 Å². The summed E-state index contributed by atoms with van der Waals surface area (Å²) in [5.74, 6) is 0. The zero-order valence-corrected chi connectivity index (χ0v) is 13.6. The molecule has 1 N–H and O–H groups in total. The number of methoxy groups -OCH3 is 2. The number of halogens is 1. The molecule has 0 heterocycles. The Morgan fingerprint density at radius 2 is 1.86 bits per heavy atom. The Bertz CT molecular complexity index is 539. The SMILES string of the molecule is [B]/C(=C\[C@@H](OC)[C@@H](OC)[C@@H](F)c1ccccc1)P(=O)(O)OC. The number of ether oxygens (including phenoxy) is 2. The van der Waals surface area contributed by atoms with E-state index in [4.69, 9.17) is 17.3 Å². The van der Waals surface area contributed by atoms with E-state index in [0.717, 1.165) is 13.2 Å². The molecular formula is C14H19BFO5P. The molecule has 4 atom stereocenters. The summed E-state index contributed by atoms with van der Waals surface area (Å²) < 4.78 is 41.0. The molecule has 2 radical (unpaired) electrons. The van der Waals surface area contributed by atoms with Gasteiger partial charge in [0.1, 0.15) is 20.1 Å². The Morgan fingerprint density at radius 1 is 1.27 bits per heavy atom. The van der Waals surface area contributed by atoms with Crippen LogP contribution in [0.25, 0.3) is 0 Å². The molecule has 5 nitrogen and oxygen atoms in total. The second-order valence-electron chi connectivity index (χ2n) is 4.51. The van der Waals surface area contributed by atoms with Crippen LogP contribution >= 0.6 is 7.60 Å². The van der Waals surface area contributed by atoms with Crippen molar-refractivity contribution in [3.63, 3.8) is 0 Å². The maximum Gasteiger partial charge on any atom is 0.344 e. The lowest BCUT2D eigenvalue weighted by atomic mass is 9.99. The molecule has 0 spiro atoms. The summed E-state index contributed by atoms with van der Waals surface area (Å²) in [6.45, 7) is 0. The van der Waals surface area contributed by atoms with Crippen molar-refractivity contribution in [1.29, 1.82) is 0 Å². The van der Waals surface area contributed by atoms with Gasteiger partial charge in [0.15, 0.2) is 6.17 Å². The standard InChI is InChI=1S/C14H19BFO5P/c1-19-11(9-12(15)22(17,18)21-3)14(20-2)13(16)10-7-5-4-6-8-10/h4-9,11,13-14H,1-3H3,(H,17,18)/b12-9+/t11-,13+,14-/m1/s1. The van der Waals surface area contributed by atoms with Gasteiger partial charge in [-0.05, 0) is 10.8 Å². The number of hydrogen-bond acceptors (Lipinski definition) is 4. The molecule has 1 rings (SSSR count). The Balaban J connectivity index is 3.05. The largest absolute Gasteiger partial charge is 0.375 e. The Labute approximate surface area is 131 Å². The molecule has 0 aromatic heterocycles. The Hall–Kier alpha value is -0.975. The van der Waals surface area contributed by atoms with Gasteiger partial charge < -0.3 is 18.9 Å². The van der Waals surface area contributed by atoms with Gasteiger partial charge in [0.05, 0.1) is 0 Å². The van der Waals surface area contributed by atoms with Crippen LogP contribution in [0.5, 0.6) is 0 Å². The summed E-state index contributed by atoms with van der Waals surface area (Å²) in [6.07, 6.45) is -2.37. The summed E-state index contributed by atoms with van der Waals surface area (Å²) in [7, 11) is 5.14. The molecule has 0 amide bonds. The maximum atomic E-state index is 14.6. The summed E-state index contributed by atoms with van der Waals surface area (Å²) in [4.78, 5) is 9.50. The topological polar surface area (TPSA) is 65.0 Å².